The van der Waals surface area contributed by atoms with Gasteiger partial charge in [0, 0.05) is 0 Å². The second-order valence-electron chi connectivity index (χ2n) is 5.14. The van der Waals surface area contributed by atoms with E-state index in [0.717, 1.165) is 19.1 Å². The van der Waals surface area contributed by atoms with Gasteiger partial charge in [-0.25, -0.2) is 13.4 Å². The number of amidine groups is 1. The summed E-state index contributed by atoms with van der Waals surface area (Å²) in [6.45, 7) is 0.549. The van der Waals surface area contributed by atoms with E-state index < -0.39 is 38.6 Å². The fourth-order valence-corrected chi connectivity index (χ4v) is 2.52. The van der Waals surface area contributed by atoms with Crippen LogP contribution in [0, 0.1) is 11.3 Å². The minimum absolute atomic E-state index is 0.0139. The third-order valence-corrected chi connectivity index (χ3v) is 4.38. The number of hydrazine groups is 1. The molecule has 0 amide bonds. The zero-order valence-corrected chi connectivity index (χ0v) is 14.0. The zero-order valence-electron chi connectivity index (χ0n) is 13.2. The van der Waals surface area contributed by atoms with Gasteiger partial charge in [-0.15, -0.1) is 4.83 Å². The summed E-state index contributed by atoms with van der Waals surface area (Å²) >= 11 is 0. The van der Waals surface area contributed by atoms with Crippen LogP contribution in [-0.4, -0.2) is 32.1 Å². The molecule has 13 heteroatoms. The second-order valence-corrected chi connectivity index (χ2v) is 6.82. The van der Waals surface area contributed by atoms with Gasteiger partial charge in [0.15, 0.2) is 0 Å². The first-order valence-electron chi connectivity index (χ1n) is 6.62. The van der Waals surface area contributed by atoms with E-state index in [4.69, 9.17) is 5.26 Å². The van der Waals surface area contributed by atoms with Gasteiger partial charge in [-0.1, -0.05) is 6.07 Å². The molecule has 0 aliphatic rings. The maximum atomic E-state index is 12.8. The van der Waals surface area contributed by atoms with E-state index in [2.05, 4.69) is 4.99 Å². The maximum absolute atomic E-state index is 12.8. The molecule has 0 bridgehead atoms. The number of nitriles is 1. The first-order chi connectivity index (χ1) is 11.6. The van der Waals surface area contributed by atoms with Crippen molar-refractivity contribution in [3.05, 3.63) is 29.8 Å². The first-order valence-corrected chi connectivity index (χ1v) is 8.10. The predicted octanol–water partition coefficient (Wildman–Crippen LogP) is 2.64. The molecular weight excluding hydrogens is 390 g/mol. The number of hydrogen-bond donors (Lipinski definition) is 2. The molecule has 1 aromatic carbocycles. The first kappa shape index (κ1) is 21.7. The molecule has 0 saturated carbocycles. The highest BCUT2D eigenvalue weighted by Crippen LogP contribution is 2.45. The Labute approximate surface area is 144 Å². The van der Waals surface area contributed by atoms with Gasteiger partial charge in [0.25, 0.3) is 10.0 Å². The summed E-state index contributed by atoms with van der Waals surface area (Å²) in [7, 11) is -4.37. The van der Waals surface area contributed by atoms with Crippen molar-refractivity contribution < 1.29 is 34.8 Å². The predicted molar refractivity (Wildman–Crippen MR) is 78.2 cm³/mol. The van der Waals surface area contributed by atoms with Crippen LogP contribution in [0.15, 0.2) is 34.2 Å². The third kappa shape index (κ3) is 4.64. The van der Waals surface area contributed by atoms with E-state index in [0.29, 0.717) is 0 Å². The molecule has 1 aromatic rings. The van der Waals surface area contributed by atoms with Gasteiger partial charge in [0.05, 0.1) is 16.5 Å². The van der Waals surface area contributed by atoms with Crippen molar-refractivity contribution in [2.24, 2.45) is 4.99 Å². The molecule has 0 radical (unpaired) electrons. The number of hydrogen-bond acceptors (Lipinski definition) is 4. The molecule has 0 aliphatic heterocycles. The molecule has 0 heterocycles. The monoisotopic (exact) mass is 402 g/mol. The SMILES string of the molecule is CC(=NC(C)(C(F)(F)F)C(F)(F)F)NNS(=O)(=O)c1cccc(C#N)c1. The molecule has 0 unspecified atom stereocenters. The summed E-state index contributed by atoms with van der Waals surface area (Å²) in [6, 6.07) is 6.26. The zero-order chi connectivity index (χ0) is 20.4. The van der Waals surface area contributed by atoms with Crippen molar-refractivity contribution in [2.75, 3.05) is 0 Å². The van der Waals surface area contributed by atoms with Gasteiger partial charge >= 0.3 is 12.4 Å². The number of benzene rings is 1. The molecule has 0 spiro atoms. The Morgan fingerprint density at radius 2 is 1.69 bits per heavy atom. The van der Waals surface area contributed by atoms with E-state index in [1.165, 1.54) is 12.1 Å². The Kier molecular flexibility index (Phi) is 5.95. The Hall–Kier alpha value is -2.33. The number of halogens is 6. The Morgan fingerprint density at radius 1 is 1.15 bits per heavy atom. The molecule has 0 atom stereocenters. The summed E-state index contributed by atoms with van der Waals surface area (Å²) in [5.74, 6) is -0.970. The molecule has 26 heavy (non-hydrogen) atoms. The van der Waals surface area contributed by atoms with E-state index >= 15 is 0 Å². The van der Waals surface area contributed by atoms with Gasteiger partial charge in [0.1, 0.15) is 5.84 Å². The van der Waals surface area contributed by atoms with Gasteiger partial charge < -0.3 is 0 Å². The summed E-state index contributed by atoms with van der Waals surface area (Å²) in [6.07, 6.45) is -11.5. The molecule has 0 aromatic heterocycles. The molecule has 0 aliphatic carbocycles. The van der Waals surface area contributed by atoms with Crippen LogP contribution in [0.2, 0.25) is 0 Å². The lowest BCUT2D eigenvalue weighted by atomic mass is 10.0. The van der Waals surface area contributed by atoms with E-state index in [9.17, 15) is 34.8 Å². The number of rotatable bonds is 4. The lowest BCUT2D eigenvalue weighted by Gasteiger charge is -2.30. The fraction of sp³-hybridized carbons (Fsp3) is 0.385. The highest BCUT2D eigenvalue weighted by Gasteiger charge is 2.68. The quantitative estimate of drug-likeness (QED) is 0.350. The average Bonchev–Trinajstić information content (AvgIpc) is 2.51. The lowest BCUT2D eigenvalue weighted by molar-refractivity contribution is -0.289. The van der Waals surface area contributed by atoms with Gasteiger partial charge in [-0.3, -0.25) is 5.43 Å². The summed E-state index contributed by atoms with van der Waals surface area (Å²) < 4.78 is 101. The summed E-state index contributed by atoms with van der Waals surface area (Å²) in [4.78, 5) is 3.73. The molecule has 6 nitrogen and oxygen atoms in total. The van der Waals surface area contributed by atoms with Crippen molar-refractivity contribution in [2.45, 2.75) is 36.6 Å². The van der Waals surface area contributed by atoms with Crippen LogP contribution < -0.4 is 10.3 Å². The van der Waals surface area contributed by atoms with Crippen LogP contribution in [0.3, 0.4) is 0 Å². The average molecular weight is 402 g/mol. The number of aliphatic imine (C=N–C) groups is 1. The normalized spacial score (nSPS) is 14.0. The minimum atomic E-state index is -5.76. The van der Waals surface area contributed by atoms with Crippen molar-refractivity contribution >= 4 is 15.9 Å². The molecule has 2 N–H and O–H groups in total. The molecule has 0 saturated heterocycles. The van der Waals surface area contributed by atoms with Gasteiger partial charge in [0.2, 0.25) is 5.54 Å². The maximum Gasteiger partial charge on any atom is 0.422 e. The largest absolute Gasteiger partial charge is 0.422 e. The smallest absolute Gasteiger partial charge is 0.296 e. The number of sulfonamides is 1. The van der Waals surface area contributed by atoms with E-state index in [1.807, 2.05) is 0 Å². The molecule has 144 valence electrons. The number of nitrogens with one attached hydrogen (secondary N) is 2. The standard InChI is InChI=1S/C13H12F6N4O2S/c1-8(21-11(2,12(14,15)16)13(17,18)19)22-23-26(24,25)10-5-3-4-9(6-10)7-20/h3-6,23H,1-2H3,(H,21,22). The topological polar surface area (TPSA) is 94.3 Å². The third-order valence-electron chi connectivity index (χ3n) is 3.14. The van der Waals surface area contributed by atoms with E-state index in [1.54, 1.807) is 16.3 Å². The lowest BCUT2D eigenvalue weighted by Crippen LogP contribution is -2.54. The molecular formula is C13H12F6N4O2S. The molecule has 0 fully saturated rings. The minimum Gasteiger partial charge on any atom is -0.296 e. The highest BCUT2D eigenvalue weighted by molar-refractivity contribution is 7.89. The highest BCUT2D eigenvalue weighted by atomic mass is 32.2. The van der Waals surface area contributed by atoms with Crippen LogP contribution in [0.25, 0.3) is 0 Å². The fourth-order valence-electron chi connectivity index (χ4n) is 1.58. The van der Waals surface area contributed by atoms with Gasteiger partial charge in [-0.05, 0) is 32.0 Å². The number of alkyl halides is 6. The Morgan fingerprint density at radius 3 is 2.15 bits per heavy atom. The van der Waals surface area contributed by atoms with Crippen LogP contribution in [0.1, 0.15) is 19.4 Å². The van der Waals surface area contributed by atoms with Crippen molar-refractivity contribution in [3.63, 3.8) is 0 Å². The summed E-state index contributed by atoms with van der Waals surface area (Å²) in [5.41, 5.74) is -2.75. The van der Waals surface area contributed by atoms with Crippen LogP contribution >= 0.6 is 0 Å². The van der Waals surface area contributed by atoms with Crippen molar-refractivity contribution in [1.82, 2.24) is 10.3 Å². The van der Waals surface area contributed by atoms with Crippen molar-refractivity contribution in [1.29, 1.82) is 5.26 Å². The van der Waals surface area contributed by atoms with Crippen LogP contribution in [0.4, 0.5) is 26.3 Å². The van der Waals surface area contributed by atoms with Crippen LogP contribution in [0.5, 0.6) is 0 Å². The Balaban J connectivity index is 3.08. The molecule has 1 rings (SSSR count). The van der Waals surface area contributed by atoms with Crippen LogP contribution in [-0.2, 0) is 10.0 Å². The van der Waals surface area contributed by atoms with E-state index in [-0.39, 0.29) is 12.5 Å². The number of nitrogens with zero attached hydrogens (tertiary/aromatic N) is 2. The Bertz CT molecular complexity index is 825. The second kappa shape index (κ2) is 7.12. The van der Waals surface area contributed by atoms with Crippen molar-refractivity contribution in [3.8, 4) is 6.07 Å². The van der Waals surface area contributed by atoms with Gasteiger partial charge in [-0.2, -0.15) is 31.6 Å². The summed E-state index contributed by atoms with van der Waals surface area (Å²) in [5, 5.41) is 8.71.